The van der Waals surface area contributed by atoms with Crippen LogP contribution in [0.15, 0.2) is 78.9 Å². The van der Waals surface area contributed by atoms with Gasteiger partial charge in [0.25, 0.3) is 0 Å². The number of hydrogen-bond donors (Lipinski definition) is 0. The lowest BCUT2D eigenvalue weighted by Crippen LogP contribution is -2.21. The van der Waals surface area contributed by atoms with Gasteiger partial charge >= 0.3 is 0 Å². The third-order valence-electron chi connectivity index (χ3n) is 4.66. The van der Waals surface area contributed by atoms with Crippen molar-refractivity contribution in [3.63, 3.8) is 0 Å². The van der Waals surface area contributed by atoms with Gasteiger partial charge in [0.05, 0.1) is 0 Å². The lowest BCUT2D eigenvalue weighted by Gasteiger charge is -2.20. The van der Waals surface area contributed by atoms with Crippen molar-refractivity contribution < 1.29 is 4.79 Å². The first-order valence-electron chi connectivity index (χ1n) is 9.56. The summed E-state index contributed by atoms with van der Waals surface area (Å²) in [6.07, 6.45) is 1.90. The van der Waals surface area contributed by atoms with E-state index in [1.165, 1.54) is 22.4 Å². The van der Waals surface area contributed by atoms with Crippen LogP contribution in [-0.2, 0) is 6.42 Å². The van der Waals surface area contributed by atoms with E-state index in [-0.39, 0.29) is 0 Å². The number of carbonyl (C=O) groups is 1. The first kappa shape index (κ1) is 20.4. The van der Waals surface area contributed by atoms with Crippen LogP contribution in [-0.4, -0.2) is 19.4 Å². The standard InChI is InChI=1S/C14H14.C11H15NO/c1-12-7-5-6-10-14(12)11-13-8-3-2-4-9-13;1-3-12(4-2)11-7-5-10(9-13)6-8-11/h2-10H,11H2,1H3;5-9H,3-4H2,1-2H3. The molecule has 0 saturated carbocycles. The van der Waals surface area contributed by atoms with Gasteiger partial charge in [0.15, 0.2) is 0 Å². The molecule has 0 saturated heterocycles. The number of aryl methyl sites for hydroxylation is 1. The number of nitrogens with zero attached hydrogens (tertiary/aromatic N) is 1. The van der Waals surface area contributed by atoms with Crippen molar-refractivity contribution in [2.75, 3.05) is 18.0 Å². The van der Waals surface area contributed by atoms with Gasteiger partial charge in [-0.15, -0.1) is 0 Å². The smallest absolute Gasteiger partial charge is 0.150 e. The zero-order chi connectivity index (χ0) is 19.5. The van der Waals surface area contributed by atoms with Crippen molar-refractivity contribution in [3.05, 3.63) is 101 Å². The average Bonchev–Trinajstić information content (AvgIpc) is 2.72. The zero-order valence-electron chi connectivity index (χ0n) is 16.6. The number of carbonyl (C=O) groups excluding carboxylic acids is 1. The van der Waals surface area contributed by atoms with Crippen molar-refractivity contribution in [2.45, 2.75) is 27.2 Å². The maximum atomic E-state index is 10.4. The van der Waals surface area contributed by atoms with E-state index >= 15 is 0 Å². The Morgan fingerprint density at radius 3 is 1.93 bits per heavy atom. The number of rotatable bonds is 6. The fourth-order valence-corrected chi connectivity index (χ4v) is 2.98. The molecular formula is C25H29NO. The van der Waals surface area contributed by atoms with Crippen LogP contribution in [0.25, 0.3) is 0 Å². The lowest BCUT2D eigenvalue weighted by molar-refractivity contribution is 0.112. The van der Waals surface area contributed by atoms with Crippen molar-refractivity contribution >= 4 is 12.0 Å². The van der Waals surface area contributed by atoms with Crippen LogP contribution in [0.5, 0.6) is 0 Å². The Bertz CT molecular complexity index is 805. The van der Waals surface area contributed by atoms with Gasteiger partial charge in [0.1, 0.15) is 6.29 Å². The second kappa shape index (κ2) is 11.0. The Morgan fingerprint density at radius 2 is 1.37 bits per heavy atom. The van der Waals surface area contributed by atoms with Gasteiger partial charge < -0.3 is 4.90 Å². The van der Waals surface area contributed by atoms with Gasteiger partial charge in [0, 0.05) is 24.3 Å². The Balaban J connectivity index is 0.000000194. The molecule has 3 aromatic carbocycles. The van der Waals surface area contributed by atoms with Crippen molar-refractivity contribution in [3.8, 4) is 0 Å². The summed E-state index contributed by atoms with van der Waals surface area (Å²) in [5.74, 6) is 0. The fraction of sp³-hybridized carbons (Fsp3) is 0.240. The van der Waals surface area contributed by atoms with Gasteiger partial charge in [-0.3, -0.25) is 4.79 Å². The predicted octanol–water partition coefficient (Wildman–Crippen LogP) is 5.93. The highest BCUT2D eigenvalue weighted by Gasteiger charge is 2.00. The molecule has 0 aliphatic carbocycles. The quantitative estimate of drug-likeness (QED) is 0.508. The molecule has 0 heterocycles. The number of hydrogen-bond acceptors (Lipinski definition) is 2. The van der Waals surface area contributed by atoms with Crippen LogP contribution < -0.4 is 4.90 Å². The maximum absolute atomic E-state index is 10.4. The molecule has 0 unspecified atom stereocenters. The molecule has 2 heteroatoms. The number of aldehydes is 1. The Hall–Kier alpha value is -2.87. The van der Waals surface area contributed by atoms with Gasteiger partial charge in [-0.2, -0.15) is 0 Å². The summed E-state index contributed by atoms with van der Waals surface area (Å²) >= 11 is 0. The van der Waals surface area contributed by atoms with Crippen LogP contribution in [0.3, 0.4) is 0 Å². The van der Waals surface area contributed by atoms with Crippen LogP contribution in [0.2, 0.25) is 0 Å². The second-order valence-corrected chi connectivity index (χ2v) is 6.47. The van der Waals surface area contributed by atoms with E-state index in [1.54, 1.807) is 0 Å². The van der Waals surface area contributed by atoms with Crippen molar-refractivity contribution in [1.82, 2.24) is 0 Å². The summed E-state index contributed by atoms with van der Waals surface area (Å²) in [5.41, 5.74) is 6.07. The highest BCUT2D eigenvalue weighted by molar-refractivity contribution is 5.75. The third kappa shape index (κ3) is 6.41. The van der Waals surface area contributed by atoms with E-state index in [4.69, 9.17) is 0 Å². The summed E-state index contributed by atoms with van der Waals surface area (Å²) in [5, 5.41) is 0. The van der Waals surface area contributed by atoms with E-state index in [2.05, 4.69) is 80.3 Å². The molecule has 0 bridgehead atoms. The first-order valence-corrected chi connectivity index (χ1v) is 9.56. The van der Waals surface area contributed by atoms with E-state index < -0.39 is 0 Å². The molecular weight excluding hydrogens is 330 g/mol. The van der Waals surface area contributed by atoms with Crippen molar-refractivity contribution in [2.24, 2.45) is 0 Å². The maximum Gasteiger partial charge on any atom is 0.150 e. The predicted molar refractivity (Wildman–Crippen MR) is 116 cm³/mol. The summed E-state index contributed by atoms with van der Waals surface area (Å²) in [6, 6.07) is 26.8. The van der Waals surface area contributed by atoms with E-state index in [1.807, 2.05) is 24.3 Å². The monoisotopic (exact) mass is 359 g/mol. The molecule has 0 atom stereocenters. The SMILES string of the molecule is CCN(CC)c1ccc(C=O)cc1.Cc1ccccc1Cc1ccccc1. The molecule has 27 heavy (non-hydrogen) atoms. The Labute approximate surface area is 163 Å². The minimum absolute atomic E-state index is 0.732. The average molecular weight is 360 g/mol. The molecule has 0 amide bonds. The summed E-state index contributed by atoms with van der Waals surface area (Å²) in [6.45, 7) is 8.40. The van der Waals surface area contributed by atoms with E-state index in [9.17, 15) is 4.79 Å². The third-order valence-corrected chi connectivity index (χ3v) is 4.66. The molecule has 3 rings (SSSR count). The zero-order valence-corrected chi connectivity index (χ0v) is 16.6. The van der Waals surface area contributed by atoms with Gasteiger partial charge in [-0.05, 0) is 68.1 Å². The lowest BCUT2D eigenvalue weighted by atomic mass is 10.0. The largest absolute Gasteiger partial charge is 0.372 e. The molecule has 0 spiro atoms. The van der Waals surface area contributed by atoms with Crippen LogP contribution >= 0.6 is 0 Å². The molecule has 0 radical (unpaired) electrons. The first-order chi connectivity index (χ1) is 13.2. The molecule has 2 nitrogen and oxygen atoms in total. The van der Waals surface area contributed by atoms with Gasteiger partial charge in [-0.25, -0.2) is 0 Å². The summed E-state index contributed by atoms with van der Waals surface area (Å²) in [4.78, 5) is 12.7. The van der Waals surface area contributed by atoms with E-state index in [0.29, 0.717) is 0 Å². The number of benzene rings is 3. The Morgan fingerprint density at radius 1 is 0.778 bits per heavy atom. The molecule has 3 aromatic rings. The summed E-state index contributed by atoms with van der Waals surface area (Å²) < 4.78 is 0. The van der Waals surface area contributed by atoms with Crippen molar-refractivity contribution in [1.29, 1.82) is 0 Å². The van der Waals surface area contributed by atoms with Crippen LogP contribution in [0.4, 0.5) is 5.69 Å². The molecule has 0 aromatic heterocycles. The van der Waals surface area contributed by atoms with Gasteiger partial charge in [0.2, 0.25) is 0 Å². The number of anilines is 1. The van der Waals surface area contributed by atoms with Gasteiger partial charge in [-0.1, -0.05) is 54.6 Å². The van der Waals surface area contributed by atoms with Crippen LogP contribution in [0.1, 0.15) is 40.9 Å². The summed E-state index contributed by atoms with van der Waals surface area (Å²) in [7, 11) is 0. The normalized spacial score (nSPS) is 9.89. The molecule has 0 fully saturated rings. The molecule has 0 N–H and O–H groups in total. The van der Waals surface area contributed by atoms with E-state index in [0.717, 1.165) is 31.4 Å². The Kier molecular flexibility index (Phi) is 8.31. The highest BCUT2D eigenvalue weighted by Crippen LogP contribution is 2.14. The minimum atomic E-state index is 0.732. The topological polar surface area (TPSA) is 20.3 Å². The highest BCUT2D eigenvalue weighted by atomic mass is 16.1. The van der Waals surface area contributed by atoms with Crippen LogP contribution in [0, 0.1) is 6.92 Å². The molecule has 0 aliphatic rings. The second-order valence-electron chi connectivity index (χ2n) is 6.47. The molecule has 140 valence electrons. The minimum Gasteiger partial charge on any atom is -0.372 e. The molecule has 0 aliphatic heterocycles. The fourth-order valence-electron chi connectivity index (χ4n) is 2.98.